The van der Waals surface area contributed by atoms with Gasteiger partial charge in [-0.05, 0) is 18.2 Å². The van der Waals surface area contributed by atoms with E-state index in [0.29, 0.717) is 28.1 Å². The van der Waals surface area contributed by atoms with E-state index in [9.17, 15) is 4.79 Å². The molecule has 2 aromatic rings. The predicted octanol–water partition coefficient (Wildman–Crippen LogP) is 2.59. The number of ether oxygens (including phenoxy) is 1. The number of nitrogens with one attached hydrogen (secondary N) is 2. The van der Waals surface area contributed by atoms with Crippen LogP contribution < -0.4 is 10.6 Å². The molecule has 1 saturated heterocycles. The lowest BCUT2D eigenvalue weighted by atomic mass is 10.3. The number of carbonyl (C=O) groups is 1. The number of amides is 1. The van der Waals surface area contributed by atoms with Gasteiger partial charge >= 0.3 is 0 Å². The zero-order chi connectivity index (χ0) is 18.4. The summed E-state index contributed by atoms with van der Waals surface area (Å²) in [6.45, 7) is 4.58. The maximum Gasteiger partial charge on any atom is 0.270 e. The Morgan fingerprint density at radius 2 is 2.00 bits per heavy atom. The van der Waals surface area contributed by atoms with Crippen molar-refractivity contribution in [2.45, 2.75) is 0 Å². The molecule has 0 bridgehead atoms. The summed E-state index contributed by atoms with van der Waals surface area (Å²) >= 11 is 12.1. The number of aromatic nitrogens is 2. The molecule has 2 heterocycles. The fraction of sp³-hybridized carbons (Fsp3) is 0.353. The Balaban J connectivity index is 1.57. The summed E-state index contributed by atoms with van der Waals surface area (Å²) < 4.78 is 5.30. The minimum Gasteiger partial charge on any atom is -0.379 e. The Hall–Kier alpha value is -1.93. The van der Waals surface area contributed by atoms with Crippen LogP contribution in [0.3, 0.4) is 0 Å². The van der Waals surface area contributed by atoms with Gasteiger partial charge < -0.3 is 15.4 Å². The van der Waals surface area contributed by atoms with E-state index in [1.165, 1.54) is 6.33 Å². The van der Waals surface area contributed by atoms with Crippen LogP contribution in [0.15, 0.2) is 30.6 Å². The largest absolute Gasteiger partial charge is 0.379 e. The van der Waals surface area contributed by atoms with E-state index in [1.807, 2.05) is 0 Å². The summed E-state index contributed by atoms with van der Waals surface area (Å²) in [6, 6.07) is 6.64. The van der Waals surface area contributed by atoms with Crippen LogP contribution in [0.2, 0.25) is 10.0 Å². The van der Waals surface area contributed by atoms with Gasteiger partial charge in [0.2, 0.25) is 0 Å². The van der Waals surface area contributed by atoms with Gasteiger partial charge in [-0.25, -0.2) is 9.97 Å². The van der Waals surface area contributed by atoms with Crippen LogP contribution in [0.25, 0.3) is 0 Å². The fourth-order valence-corrected chi connectivity index (χ4v) is 2.86. The van der Waals surface area contributed by atoms with E-state index < -0.39 is 0 Å². The first-order chi connectivity index (χ1) is 12.6. The first-order valence-electron chi connectivity index (χ1n) is 8.24. The molecule has 1 aliphatic rings. The van der Waals surface area contributed by atoms with Crippen molar-refractivity contribution in [3.8, 4) is 0 Å². The summed E-state index contributed by atoms with van der Waals surface area (Å²) in [5.41, 5.74) is 0.888. The molecule has 1 aliphatic heterocycles. The number of anilines is 2. The van der Waals surface area contributed by atoms with Crippen molar-refractivity contribution in [1.82, 2.24) is 20.2 Å². The van der Waals surface area contributed by atoms with Gasteiger partial charge in [0.25, 0.3) is 5.91 Å². The van der Waals surface area contributed by atoms with Crippen LogP contribution in [0.5, 0.6) is 0 Å². The summed E-state index contributed by atoms with van der Waals surface area (Å²) in [5.74, 6) is 0.211. The molecule has 9 heteroatoms. The predicted molar refractivity (Wildman–Crippen MR) is 101 cm³/mol. The second-order valence-electron chi connectivity index (χ2n) is 5.75. The number of benzene rings is 1. The molecule has 26 heavy (non-hydrogen) atoms. The van der Waals surface area contributed by atoms with E-state index in [4.69, 9.17) is 27.9 Å². The van der Waals surface area contributed by atoms with Crippen LogP contribution in [-0.4, -0.2) is 60.2 Å². The fourth-order valence-electron chi connectivity index (χ4n) is 2.52. The third-order valence-electron chi connectivity index (χ3n) is 3.91. The van der Waals surface area contributed by atoms with E-state index >= 15 is 0 Å². The van der Waals surface area contributed by atoms with Gasteiger partial charge in [0, 0.05) is 37.3 Å². The molecule has 2 N–H and O–H groups in total. The van der Waals surface area contributed by atoms with Crippen LogP contribution in [-0.2, 0) is 4.74 Å². The standard InChI is InChI=1S/C17H19Cl2N5O2/c18-12-1-2-13(19)14(9-12)23-16-10-15(21-11-22-16)17(25)20-3-4-24-5-7-26-8-6-24/h1-2,9-11H,3-8H2,(H,20,25)(H,21,22,23). The van der Waals surface area contributed by atoms with E-state index in [2.05, 4.69) is 25.5 Å². The lowest BCUT2D eigenvalue weighted by molar-refractivity contribution is 0.0383. The number of hydrogen-bond donors (Lipinski definition) is 2. The minimum atomic E-state index is -0.249. The van der Waals surface area contributed by atoms with Gasteiger partial charge in [0.15, 0.2) is 0 Å². The molecule has 1 amide bonds. The average molecular weight is 396 g/mol. The molecule has 0 saturated carbocycles. The minimum absolute atomic E-state index is 0.249. The summed E-state index contributed by atoms with van der Waals surface area (Å²) in [4.78, 5) is 22.7. The molecule has 0 atom stereocenters. The molecule has 1 aromatic heterocycles. The number of nitrogens with zero attached hydrogens (tertiary/aromatic N) is 3. The van der Waals surface area contributed by atoms with Crippen LogP contribution in [0.4, 0.5) is 11.5 Å². The van der Waals surface area contributed by atoms with Crippen molar-refractivity contribution < 1.29 is 9.53 Å². The monoisotopic (exact) mass is 395 g/mol. The smallest absolute Gasteiger partial charge is 0.270 e. The zero-order valence-corrected chi connectivity index (χ0v) is 15.6. The van der Waals surface area contributed by atoms with Crippen molar-refractivity contribution in [2.75, 3.05) is 44.7 Å². The first-order valence-corrected chi connectivity index (χ1v) is 9.00. The molecular formula is C17H19Cl2N5O2. The highest BCUT2D eigenvalue weighted by atomic mass is 35.5. The topological polar surface area (TPSA) is 79.4 Å². The van der Waals surface area contributed by atoms with Crippen LogP contribution in [0.1, 0.15) is 10.5 Å². The maximum absolute atomic E-state index is 12.3. The summed E-state index contributed by atoms with van der Waals surface area (Å²) in [5, 5.41) is 6.97. The zero-order valence-electron chi connectivity index (χ0n) is 14.0. The van der Waals surface area contributed by atoms with Crippen molar-refractivity contribution in [1.29, 1.82) is 0 Å². The molecule has 0 aliphatic carbocycles. The van der Waals surface area contributed by atoms with Crippen LogP contribution in [0, 0.1) is 0 Å². The highest BCUT2D eigenvalue weighted by molar-refractivity contribution is 6.35. The van der Waals surface area contributed by atoms with Gasteiger partial charge in [-0.1, -0.05) is 23.2 Å². The molecule has 1 aromatic carbocycles. The lowest BCUT2D eigenvalue weighted by Crippen LogP contribution is -2.41. The lowest BCUT2D eigenvalue weighted by Gasteiger charge is -2.26. The van der Waals surface area contributed by atoms with Gasteiger partial charge in [0.05, 0.1) is 23.9 Å². The third-order valence-corrected chi connectivity index (χ3v) is 4.47. The Kier molecular flexibility index (Phi) is 6.62. The van der Waals surface area contributed by atoms with Gasteiger partial charge in [-0.2, -0.15) is 0 Å². The van der Waals surface area contributed by atoms with E-state index in [-0.39, 0.29) is 11.6 Å². The molecule has 1 fully saturated rings. The summed E-state index contributed by atoms with van der Waals surface area (Å²) in [7, 11) is 0. The highest BCUT2D eigenvalue weighted by Crippen LogP contribution is 2.27. The number of hydrogen-bond acceptors (Lipinski definition) is 6. The van der Waals surface area contributed by atoms with Gasteiger partial charge in [-0.15, -0.1) is 0 Å². The molecule has 7 nitrogen and oxygen atoms in total. The quantitative estimate of drug-likeness (QED) is 0.782. The number of morpholine rings is 1. The van der Waals surface area contributed by atoms with Crippen molar-refractivity contribution in [3.05, 3.63) is 46.3 Å². The molecule has 0 radical (unpaired) electrons. The number of halogens is 2. The average Bonchev–Trinajstić information content (AvgIpc) is 2.66. The number of rotatable bonds is 6. The van der Waals surface area contributed by atoms with Gasteiger partial charge in [-0.3, -0.25) is 9.69 Å². The third kappa shape index (κ3) is 5.28. The van der Waals surface area contributed by atoms with E-state index in [1.54, 1.807) is 24.3 Å². The Bertz CT molecular complexity index is 769. The second-order valence-corrected chi connectivity index (χ2v) is 6.59. The van der Waals surface area contributed by atoms with Crippen molar-refractivity contribution in [3.63, 3.8) is 0 Å². The second kappa shape index (κ2) is 9.14. The van der Waals surface area contributed by atoms with Crippen LogP contribution >= 0.6 is 23.2 Å². The Morgan fingerprint density at radius 1 is 1.19 bits per heavy atom. The van der Waals surface area contributed by atoms with Crippen molar-refractivity contribution in [2.24, 2.45) is 0 Å². The first kappa shape index (κ1) is 18.8. The maximum atomic E-state index is 12.3. The molecule has 0 unspecified atom stereocenters. The molecule has 138 valence electrons. The Labute approximate surface area is 161 Å². The van der Waals surface area contributed by atoms with Gasteiger partial charge in [0.1, 0.15) is 17.8 Å². The highest BCUT2D eigenvalue weighted by Gasteiger charge is 2.12. The van der Waals surface area contributed by atoms with Crippen molar-refractivity contribution >= 4 is 40.6 Å². The summed E-state index contributed by atoms with van der Waals surface area (Å²) in [6.07, 6.45) is 1.33. The number of carbonyl (C=O) groups excluding carboxylic acids is 1. The normalized spacial score (nSPS) is 14.8. The Morgan fingerprint density at radius 3 is 2.81 bits per heavy atom. The molecular weight excluding hydrogens is 377 g/mol. The molecule has 0 spiro atoms. The van der Waals surface area contributed by atoms with E-state index in [0.717, 1.165) is 32.8 Å². The molecule has 3 rings (SSSR count). The SMILES string of the molecule is O=C(NCCN1CCOCC1)c1cc(Nc2cc(Cl)ccc2Cl)ncn1.